The van der Waals surface area contributed by atoms with Gasteiger partial charge < -0.3 is 31.7 Å². The monoisotopic (exact) mass is 730 g/mol. The number of aromatic nitrogens is 1. The van der Waals surface area contributed by atoms with E-state index < -0.39 is 18.5 Å². The van der Waals surface area contributed by atoms with Crippen molar-refractivity contribution in [2.75, 3.05) is 30.3 Å². The van der Waals surface area contributed by atoms with Crippen molar-refractivity contribution in [3.8, 4) is 6.07 Å². The third-order valence-corrected chi connectivity index (χ3v) is 10.2. The van der Waals surface area contributed by atoms with Gasteiger partial charge in [0.05, 0.1) is 38.6 Å². The van der Waals surface area contributed by atoms with Crippen LogP contribution in [0, 0.1) is 17.1 Å². The number of pyridine rings is 1. The number of nitrogens with zero attached hydrogens (tertiary/aromatic N) is 4. The molecular formula is C38H41Cl2FN8O2. The topological polar surface area (TPSA) is 143 Å². The van der Waals surface area contributed by atoms with Gasteiger partial charge in [-0.25, -0.2) is 4.39 Å². The van der Waals surface area contributed by atoms with Crippen LogP contribution in [0.15, 0.2) is 66.6 Å². The zero-order valence-corrected chi connectivity index (χ0v) is 30.2. The van der Waals surface area contributed by atoms with Gasteiger partial charge in [0.2, 0.25) is 5.91 Å². The van der Waals surface area contributed by atoms with Gasteiger partial charge in [0.1, 0.15) is 18.5 Å². The minimum absolute atomic E-state index is 0.0645. The first-order valence-corrected chi connectivity index (χ1v) is 17.6. The van der Waals surface area contributed by atoms with Crippen LogP contribution in [0.1, 0.15) is 61.9 Å². The molecule has 0 saturated carbocycles. The second-order valence-electron chi connectivity index (χ2n) is 14.0. The van der Waals surface area contributed by atoms with E-state index in [0.717, 1.165) is 42.6 Å². The van der Waals surface area contributed by atoms with E-state index >= 15 is 0 Å². The lowest BCUT2D eigenvalue weighted by molar-refractivity contribution is -0.134. The predicted molar refractivity (Wildman–Crippen MR) is 200 cm³/mol. The van der Waals surface area contributed by atoms with Crippen LogP contribution >= 0.6 is 23.2 Å². The van der Waals surface area contributed by atoms with Gasteiger partial charge in [0.25, 0.3) is 0 Å². The Morgan fingerprint density at radius 2 is 1.88 bits per heavy atom. The molecule has 6 rings (SSSR count). The van der Waals surface area contributed by atoms with E-state index in [9.17, 15) is 19.6 Å². The summed E-state index contributed by atoms with van der Waals surface area (Å²) >= 11 is 12.9. The molecule has 1 aromatic heterocycles. The lowest BCUT2D eigenvalue weighted by Gasteiger charge is -2.41. The van der Waals surface area contributed by atoms with Crippen molar-refractivity contribution in [1.29, 1.82) is 5.26 Å². The summed E-state index contributed by atoms with van der Waals surface area (Å²) in [7, 11) is 0. The third-order valence-electron chi connectivity index (χ3n) is 9.63. The Kier molecular flexibility index (Phi) is 10.6. The largest absolute Gasteiger partial charge is 0.399 e. The zero-order chi connectivity index (χ0) is 36.4. The van der Waals surface area contributed by atoms with E-state index in [1.165, 1.54) is 24.4 Å². The van der Waals surface area contributed by atoms with Crippen LogP contribution in [0.3, 0.4) is 0 Å². The van der Waals surface area contributed by atoms with E-state index in [1.807, 2.05) is 30.5 Å². The fourth-order valence-corrected chi connectivity index (χ4v) is 7.25. The molecule has 0 bridgehead atoms. The van der Waals surface area contributed by atoms with Crippen LogP contribution in [0.4, 0.5) is 21.5 Å². The number of rotatable bonds is 9. The average Bonchev–Trinajstić information content (AvgIpc) is 3.56. The molecule has 6 N–H and O–H groups in total. The lowest BCUT2D eigenvalue weighted by Crippen LogP contribution is -2.49. The molecule has 1 unspecified atom stereocenters. The number of anilines is 3. The molecule has 266 valence electrons. The minimum Gasteiger partial charge on any atom is -0.399 e. The molecule has 0 spiro atoms. The van der Waals surface area contributed by atoms with Crippen molar-refractivity contribution in [3.63, 3.8) is 0 Å². The van der Waals surface area contributed by atoms with E-state index in [2.05, 4.69) is 52.7 Å². The van der Waals surface area contributed by atoms with Crippen LogP contribution in [0.2, 0.25) is 10.0 Å². The molecule has 0 radical (unpaired) electrons. The molecule has 13 heteroatoms. The SMILES string of the molecule is CC(C)(C)N1CCC(N/C=C(\N)C(Nc2cc(Cl)c3ncc(C#N)c(Nc4ccc(F)c(Cl)c4)c3c2)c2cccc3c2CN(C(=O)CO)C3)CC1. The first-order valence-electron chi connectivity index (χ1n) is 16.8. The molecule has 1 atom stereocenters. The fraction of sp³-hybridized carbons (Fsp3) is 0.342. The van der Waals surface area contributed by atoms with Gasteiger partial charge >= 0.3 is 0 Å². The van der Waals surface area contributed by atoms with Crippen LogP contribution in [0.25, 0.3) is 10.9 Å². The Bertz CT molecular complexity index is 2040. The molecule has 51 heavy (non-hydrogen) atoms. The number of aliphatic hydroxyl groups is 1. The maximum Gasteiger partial charge on any atom is 0.248 e. The van der Waals surface area contributed by atoms with E-state index in [0.29, 0.717) is 51.8 Å². The molecule has 2 aliphatic rings. The Morgan fingerprint density at radius 3 is 2.57 bits per heavy atom. The maximum absolute atomic E-state index is 13.9. The predicted octanol–water partition coefficient (Wildman–Crippen LogP) is 6.94. The van der Waals surface area contributed by atoms with E-state index in [4.69, 9.17) is 28.9 Å². The standard InChI is InChI=1S/C38H41Cl2FN8O2/c1-38(2,3)49-11-9-24(10-12-49)44-18-33(43)37(27-6-4-5-22-19-48(20-29(22)27)34(51)21-50)47-26-13-28-35(46-25-7-8-32(41)30(39)14-25)23(16-42)17-45-36(28)31(40)15-26/h4-8,13-15,17-18,24,37,44,47,50H,9-12,19-21,43H2,1-3H3,(H,45,46)/b33-18-. The van der Waals surface area contributed by atoms with Crippen molar-refractivity contribution < 1.29 is 14.3 Å². The summed E-state index contributed by atoms with van der Waals surface area (Å²) in [6, 6.07) is 15.6. The number of nitrogens with two attached hydrogens (primary N) is 1. The number of carbonyl (C=O) groups is 1. The van der Waals surface area contributed by atoms with Crippen molar-refractivity contribution in [2.24, 2.45) is 5.73 Å². The number of nitrogens with one attached hydrogen (secondary N) is 3. The number of nitriles is 1. The Hall–Kier alpha value is -4.60. The Labute approximate surface area is 307 Å². The van der Waals surface area contributed by atoms with Gasteiger partial charge in [-0.3, -0.25) is 14.7 Å². The molecule has 3 heterocycles. The van der Waals surface area contributed by atoms with Gasteiger partial charge in [-0.1, -0.05) is 41.4 Å². The number of hydrogen-bond donors (Lipinski definition) is 5. The second kappa shape index (κ2) is 14.9. The van der Waals surface area contributed by atoms with Crippen molar-refractivity contribution in [1.82, 2.24) is 20.1 Å². The lowest BCUT2D eigenvalue weighted by atomic mass is 9.95. The highest BCUT2D eigenvalue weighted by Crippen LogP contribution is 2.38. The van der Waals surface area contributed by atoms with E-state index in [1.54, 1.807) is 11.0 Å². The fourth-order valence-electron chi connectivity index (χ4n) is 6.80. The van der Waals surface area contributed by atoms with Crippen molar-refractivity contribution in [2.45, 2.75) is 64.3 Å². The molecule has 4 aromatic rings. The number of hydrogen-bond acceptors (Lipinski definition) is 9. The Morgan fingerprint density at radius 1 is 1.14 bits per heavy atom. The summed E-state index contributed by atoms with van der Waals surface area (Å²) < 4.78 is 13.9. The minimum atomic E-state index is -0.570. The second-order valence-corrected chi connectivity index (χ2v) is 14.8. The van der Waals surface area contributed by atoms with Crippen LogP contribution < -0.4 is 21.7 Å². The quantitative estimate of drug-likeness (QED) is 0.124. The highest BCUT2D eigenvalue weighted by Gasteiger charge is 2.30. The number of benzene rings is 3. The number of fused-ring (bicyclic) bond motifs is 2. The average molecular weight is 732 g/mol. The summed E-state index contributed by atoms with van der Waals surface area (Å²) in [5.41, 5.74) is 12.6. The number of amides is 1. The van der Waals surface area contributed by atoms with Crippen LogP contribution in [-0.4, -0.2) is 57.1 Å². The summed E-state index contributed by atoms with van der Waals surface area (Å²) in [6.07, 6.45) is 5.25. The molecule has 10 nitrogen and oxygen atoms in total. The molecule has 1 fully saturated rings. The molecule has 1 amide bonds. The Balaban J connectivity index is 1.38. The molecular weight excluding hydrogens is 690 g/mol. The third kappa shape index (κ3) is 7.85. The number of likely N-dealkylation sites (tertiary alicyclic amines) is 1. The summed E-state index contributed by atoms with van der Waals surface area (Å²) in [5, 5.41) is 30.8. The van der Waals surface area contributed by atoms with Gasteiger partial charge in [-0.05, 0) is 80.6 Å². The normalized spacial score (nSPS) is 16.1. The number of carbonyl (C=O) groups excluding carboxylic acids is 1. The molecule has 0 aliphatic carbocycles. The van der Waals surface area contributed by atoms with Gasteiger partial charge in [-0.2, -0.15) is 5.26 Å². The summed E-state index contributed by atoms with van der Waals surface area (Å²) in [6.45, 7) is 8.80. The maximum atomic E-state index is 13.9. The van der Waals surface area contributed by atoms with Gasteiger partial charge in [0, 0.05) is 66.9 Å². The highest BCUT2D eigenvalue weighted by atomic mass is 35.5. The summed E-state index contributed by atoms with van der Waals surface area (Å²) in [4.78, 5) is 21.1. The van der Waals surface area contributed by atoms with Crippen molar-refractivity contribution in [3.05, 3.63) is 105 Å². The van der Waals surface area contributed by atoms with Crippen molar-refractivity contribution >= 4 is 57.1 Å². The van der Waals surface area contributed by atoms with Crippen LogP contribution in [-0.2, 0) is 17.9 Å². The molecule has 1 saturated heterocycles. The molecule has 2 aliphatic heterocycles. The highest BCUT2D eigenvalue weighted by molar-refractivity contribution is 6.36. The van der Waals surface area contributed by atoms with E-state index in [-0.39, 0.29) is 28.1 Å². The first-order chi connectivity index (χ1) is 24.4. The number of aliphatic hydroxyl groups excluding tert-OH is 1. The number of piperidine rings is 1. The zero-order valence-electron chi connectivity index (χ0n) is 28.7. The first kappa shape index (κ1) is 36.2. The molecule has 3 aromatic carbocycles. The van der Waals surface area contributed by atoms with Gasteiger partial charge in [0.15, 0.2) is 0 Å². The van der Waals surface area contributed by atoms with Crippen LogP contribution in [0.5, 0.6) is 0 Å². The summed E-state index contributed by atoms with van der Waals surface area (Å²) in [5.74, 6) is -0.910. The van der Waals surface area contributed by atoms with Gasteiger partial charge in [-0.15, -0.1) is 0 Å². The number of halogens is 3. The smallest absolute Gasteiger partial charge is 0.248 e.